The summed E-state index contributed by atoms with van der Waals surface area (Å²) in [6, 6.07) is 0. The van der Waals surface area contributed by atoms with E-state index in [1.54, 1.807) is 0 Å². The van der Waals surface area contributed by atoms with Gasteiger partial charge in [-0.25, -0.2) is 0 Å². The van der Waals surface area contributed by atoms with Gasteiger partial charge in [0, 0.05) is 6.61 Å². The van der Waals surface area contributed by atoms with Crippen LogP contribution in [-0.4, -0.2) is 13.2 Å². The summed E-state index contributed by atoms with van der Waals surface area (Å²) in [6.45, 7) is 11.1. The lowest BCUT2D eigenvalue weighted by Crippen LogP contribution is -2.08. The Hall–Kier alpha value is -0.0400. The van der Waals surface area contributed by atoms with E-state index in [0.29, 0.717) is 10.8 Å². The first-order chi connectivity index (χ1) is 6.41. The highest BCUT2D eigenvalue weighted by atomic mass is 16.5. The van der Waals surface area contributed by atoms with Gasteiger partial charge in [0.1, 0.15) is 0 Å². The maximum Gasteiger partial charge on any atom is 0.0517 e. The summed E-state index contributed by atoms with van der Waals surface area (Å²) in [5.41, 5.74) is 1.17. The molecular weight excluding hydrogens is 196 g/mol. The van der Waals surface area contributed by atoms with Crippen molar-refractivity contribution in [3.8, 4) is 0 Å². The molecule has 0 aromatic heterocycles. The van der Waals surface area contributed by atoms with E-state index in [0.717, 1.165) is 13.2 Å². The van der Waals surface area contributed by atoms with Crippen molar-refractivity contribution in [1.82, 2.24) is 0 Å². The van der Waals surface area contributed by atoms with E-state index >= 15 is 0 Å². The fourth-order valence-corrected chi connectivity index (χ4v) is 2.10. The predicted molar refractivity (Wildman–Crippen MR) is 74.9 cm³/mol. The van der Waals surface area contributed by atoms with E-state index < -0.39 is 0 Å². The molecule has 0 spiro atoms. The summed E-state index contributed by atoms with van der Waals surface area (Å²) < 4.78 is 5.16. The molecule has 0 aromatic carbocycles. The maximum atomic E-state index is 5.16. The van der Waals surface area contributed by atoms with Crippen LogP contribution in [0.15, 0.2) is 0 Å². The highest BCUT2D eigenvalue weighted by Crippen LogP contribution is 2.36. The topological polar surface area (TPSA) is 9.23 Å². The second-order valence-electron chi connectivity index (χ2n) is 6.34. The fourth-order valence-electron chi connectivity index (χ4n) is 2.10. The Balaban J connectivity index is 0. The first-order valence-corrected chi connectivity index (χ1v) is 5.99. The van der Waals surface area contributed by atoms with Crippen LogP contribution in [-0.2, 0) is 4.74 Å². The summed E-state index contributed by atoms with van der Waals surface area (Å²) in [5.74, 6) is 0. The first-order valence-electron chi connectivity index (χ1n) is 5.99. The molecule has 0 radical (unpaired) electrons. The molecule has 0 atom stereocenters. The Morgan fingerprint density at radius 3 is 1.38 bits per heavy atom. The van der Waals surface area contributed by atoms with Crippen LogP contribution in [0.1, 0.15) is 74.7 Å². The normalized spacial score (nSPS) is 24.8. The Morgan fingerprint density at radius 1 is 0.750 bits per heavy atom. The van der Waals surface area contributed by atoms with Crippen molar-refractivity contribution < 1.29 is 4.74 Å². The van der Waals surface area contributed by atoms with E-state index in [4.69, 9.17) is 4.74 Å². The molecule has 0 amide bonds. The summed E-state index contributed by atoms with van der Waals surface area (Å²) in [7, 11) is 0. The van der Waals surface area contributed by atoms with Gasteiger partial charge < -0.3 is 4.74 Å². The van der Waals surface area contributed by atoms with Gasteiger partial charge >= 0.3 is 0 Å². The fraction of sp³-hybridized carbons (Fsp3) is 1.00. The zero-order valence-electron chi connectivity index (χ0n) is 10.4. The van der Waals surface area contributed by atoms with Gasteiger partial charge in [0.05, 0.1) is 6.61 Å². The zero-order valence-corrected chi connectivity index (χ0v) is 10.4. The lowest BCUT2D eigenvalue weighted by molar-refractivity contribution is 0.167. The van der Waals surface area contributed by atoms with Crippen LogP contribution in [0, 0.1) is 10.8 Å². The molecular formula is C15H34O. The van der Waals surface area contributed by atoms with Gasteiger partial charge in [-0.3, -0.25) is 0 Å². The standard InChI is InChI=1S/C7H14.C6H12O.2CH4/c1-7(2)5-3-4-6-7;1-6(2)3-4-7-5-6;;/h3-6H2,1-2H3;3-5H2,1-2H3;2*1H4. The minimum Gasteiger partial charge on any atom is -0.381 e. The largest absolute Gasteiger partial charge is 0.381 e. The van der Waals surface area contributed by atoms with E-state index in [-0.39, 0.29) is 14.9 Å². The smallest absolute Gasteiger partial charge is 0.0517 e. The lowest BCUT2D eigenvalue weighted by atomic mass is 9.92. The quantitative estimate of drug-likeness (QED) is 0.549. The molecule has 0 aromatic rings. The van der Waals surface area contributed by atoms with Crippen molar-refractivity contribution in [3.05, 3.63) is 0 Å². The third-order valence-corrected chi connectivity index (χ3v) is 3.37. The second kappa shape index (κ2) is 7.32. The number of rotatable bonds is 0. The van der Waals surface area contributed by atoms with Crippen molar-refractivity contribution in [1.29, 1.82) is 0 Å². The molecule has 1 heterocycles. The Kier molecular flexibility index (Phi) is 8.38. The molecule has 2 rings (SSSR count). The maximum absolute atomic E-state index is 5.16. The van der Waals surface area contributed by atoms with Gasteiger partial charge in [0.25, 0.3) is 0 Å². The highest BCUT2D eigenvalue weighted by molar-refractivity contribution is 4.74. The molecule has 0 N–H and O–H groups in total. The van der Waals surface area contributed by atoms with Gasteiger partial charge in [-0.05, 0) is 30.1 Å². The molecule has 16 heavy (non-hydrogen) atoms. The van der Waals surface area contributed by atoms with Crippen LogP contribution in [0.25, 0.3) is 0 Å². The van der Waals surface area contributed by atoms with E-state index in [1.165, 1.54) is 32.1 Å². The Bertz CT molecular complexity index is 134. The van der Waals surface area contributed by atoms with Crippen molar-refractivity contribution in [3.63, 3.8) is 0 Å². The number of hydrogen-bond acceptors (Lipinski definition) is 1. The zero-order chi connectivity index (χ0) is 10.7. The molecule has 1 heteroatoms. The molecule has 1 nitrogen and oxygen atoms in total. The minimum absolute atomic E-state index is 0. The van der Waals surface area contributed by atoms with Crippen molar-refractivity contribution in [2.75, 3.05) is 13.2 Å². The Morgan fingerprint density at radius 2 is 1.25 bits per heavy atom. The summed E-state index contributed by atoms with van der Waals surface area (Å²) in [5, 5.41) is 0. The van der Waals surface area contributed by atoms with Crippen LogP contribution in [0.5, 0.6) is 0 Å². The van der Waals surface area contributed by atoms with Crippen LogP contribution >= 0.6 is 0 Å². The third kappa shape index (κ3) is 7.27. The number of ether oxygens (including phenoxy) is 1. The van der Waals surface area contributed by atoms with Gasteiger partial charge in [-0.1, -0.05) is 55.4 Å². The average Bonchev–Trinajstić information content (AvgIpc) is 2.60. The molecule has 2 aliphatic rings. The van der Waals surface area contributed by atoms with Crippen molar-refractivity contribution in [2.24, 2.45) is 10.8 Å². The number of hydrogen-bond donors (Lipinski definition) is 0. The molecule has 0 bridgehead atoms. The van der Waals surface area contributed by atoms with E-state index in [9.17, 15) is 0 Å². The summed E-state index contributed by atoms with van der Waals surface area (Å²) in [6.07, 6.45) is 7.06. The van der Waals surface area contributed by atoms with Gasteiger partial charge in [-0.2, -0.15) is 0 Å². The van der Waals surface area contributed by atoms with Crippen molar-refractivity contribution in [2.45, 2.75) is 74.7 Å². The molecule has 1 saturated carbocycles. The highest BCUT2D eigenvalue weighted by Gasteiger charge is 2.23. The SMILES string of the molecule is C.C.CC1(C)CCCC1.CC1(C)CCOC1. The molecule has 1 aliphatic carbocycles. The molecule has 2 fully saturated rings. The third-order valence-electron chi connectivity index (χ3n) is 3.37. The molecule has 1 saturated heterocycles. The van der Waals surface area contributed by atoms with Crippen LogP contribution < -0.4 is 0 Å². The molecule has 100 valence electrons. The molecule has 1 aliphatic heterocycles. The van der Waals surface area contributed by atoms with E-state index in [2.05, 4.69) is 27.7 Å². The van der Waals surface area contributed by atoms with Crippen LogP contribution in [0.4, 0.5) is 0 Å². The predicted octanol–water partition coefficient (Wildman–Crippen LogP) is 5.29. The molecule has 0 unspecified atom stereocenters. The second-order valence-corrected chi connectivity index (χ2v) is 6.34. The van der Waals surface area contributed by atoms with E-state index in [1.807, 2.05) is 0 Å². The van der Waals surface area contributed by atoms with Crippen LogP contribution in [0.2, 0.25) is 0 Å². The van der Waals surface area contributed by atoms with Crippen molar-refractivity contribution >= 4 is 0 Å². The van der Waals surface area contributed by atoms with Gasteiger partial charge in [0.2, 0.25) is 0 Å². The van der Waals surface area contributed by atoms with Crippen LogP contribution in [0.3, 0.4) is 0 Å². The monoisotopic (exact) mass is 230 g/mol. The average molecular weight is 230 g/mol. The van der Waals surface area contributed by atoms with Gasteiger partial charge in [-0.15, -0.1) is 0 Å². The minimum atomic E-state index is 0. The van der Waals surface area contributed by atoms with Gasteiger partial charge in [0.15, 0.2) is 0 Å². The summed E-state index contributed by atoms with van der Waals surface area (Å²) in [4.78, 5) is 0. The summed E-state index contributed by atoms with van der Waals surface area (Å²) >= 11 is 0. The first kappa shape index (κ1) is 18.3. The Labute approximate surface area is 104 Å². The lowest BCUT2D eigenvalue weighted by Gasteiger charge is -2.13.